The zero-order chi connectivity index (χ0) is 20.8. The molecular formula is C21H23F3N4O. The Labute approximate surface area is 166 Å². The minimum atomic E-state index is -4.09. The first-order valence-electron chi connectivity index (χ1n) is 9.58. The van der Waals surface area contributed by atoms with Crippen molar-refractivity contribution >= 4 is 28.0 Å². The standard InChI is InChI=1S/C21H23F3N4O/c1-26-19-13-16(5-8-18(19)20(29)27(26)2)25-15-3-6-17(7-4-15)28-11-9-14(10-12-28)21(22,23)24/h3-8,13-14,25H,9-12H2,1-2H3. The summed E-state index contributed by atoms with van der Waals surface area (Å²) in [4.78, 5) is 14.1. The lowest BCUT2D eigenvalue weighted by molar-refractivity contribution is -0.179. The monoisotopic (exact) mass is 404 g/mol. The van der Waals surface area contributed by atoms with Crippen LogP contribution < -0.4 is 15.8 Å². The van der Waals surface area contributed by atoms with E-state index >= 15 is 0 Å². The van der Waals surface area contributed by atoms with Crippen molar-refractivity contribution in [3.05, 3.63) is 52.8 Å². The first-order chi connectivity index (χ1) is 13.7. The Bertz CT molecular complexity index is 1070. The summed E-state index contributed by atoms with van der Waals surface area (Å²) in [6.45, 7) is 0.825. The Morgan fingerprint density at radius 1 is 0.931 bits per heavy atom. The van der Waals surface area contributed by atoms with E-state index in [1.165, 1.54) is 0 Å². The molecule has 0 saturated carbocycles. The van der Waals surface area contributed by atoms with Gasteiger partial charge in [0.25, 0.3) is 5.56 Å². The van der Waals surface area contributed by atoms with Gasteiger partial charge >= 0.3 is 6.18 Å². The lowest BCUT2D eigenvalue weighted by Crippen LogP contribution is -2.38. The zero-order valence-corrected chi connectivity index (χ0v) is 16.3. The van der Waals surface area contributed by atoms with E-state index < -0.39 is 12.1 Å². The van der Waals surface area contributed by atoms with Gasteiger partial charge in [-0.25, -0.2) is 0 Å². The molecule has 0 bridgehead atoms. The van der Waals surface area contributed by atoms with E-state index in [-0.39, 0.29) is 18.4 Å². The second-order valence-electron chi connectivity index (χ2n) is 7.56. The van der Waals surface area contributed by atoms with Gasteiger partial charge in [0, 0.05) is 44.2 Å². The summed E-state index contributed by atoms with van der Waals surface area (Å²) in [5, 5.41) is 3.98. The van der Waals surface area contributed by atoms with Crippen LogP contribution in [0.2, 0.25) is 0 Å². The van der Waals surface area contributed by atoms with Crippen molar-refractivity contribution in [2.45, 2.75) is 19.0 Å². The van der Waals surface area contributed by atoms with Gasteiger partial charge in [-0.1, -0.05) is 0 Å². The first-order valence-corrected chi connectivity index (χ1v) is 9.58. The molecule has 0 amide bonds. The minimum Gasteiger partial charge on any atom is -0.372 e. The van der Waals surface area contributed by atoms with Crippen molar-refractivity contribution in [1.82, 2.24) is 9.36 Å². The summed E-state index contributed by atoms with van der Waals surface area (Å²) in [6.07, 6.45) is -3.82. The van der Waals surface area contributed by atoms with Crippen molar-refractivity contribution in [1.29, 1.82) is 0 Å². The largest absolute Gasteiger partial charge is 0.391 e. The molecule has 5 nitrogen and oxygen atoms in total. The number of halogens is 3. The number of nitrogens with zero attached hydrogens (tertiary/aromatic N) is 3. The predicted molar refractivity (Wildman–Crippen MR) is 109 cm³/mol. The van der Waals surface area contributed by atoms with E-state index in [0.29, 0.717) is 18.5 Å². The van der Waals surface area contributed by atoms with Crippen LogP contribution in [0, 0.1) is 5.92 Å². The molecule has 0 atom stereocenters. The van der Waals surface area contributed by atoms with E-state index in [2.05, 4.69) is 5.32 Å². The third kappa shape index (κ3) is 3.71. The Kier molecular flexibility index (Phi) is 4.80. The van der Waals surface area contributed by atoms with E-state index in [9.17, 15) is 18.0 Å². The molecule has 1 N–H and O–H groups in total. The number of alkyl halides is 3. The molecule has 1 saturated heterocycles. The van der Waals surface area contributed by atoms with E-state index in [0.717, 1.165) is 22.6 Å². The van der Waals surface area contributed by atoms with Gasteiger partial charge in [-0.2, -0.15) is 13.2 Å². The lowest BCUT2D eigenvalue weighted by atomic mass is 9.96. The van der Waals surface area contributed by atoms with Crippen LogP contribution in [-0.4, -0.2) is 28.6 Å². The van der Waals surface area contributed by atoms with Gasteiger partial charge in [0.2, 0.25) is 0 Å². The summed E-state index contributed by atoms with van der Waals surface area (Å²) >= 11 is 0. The smallest absolute Gasteiger partial charge is 0.372 e. The van der Waals surface area contributed by atoms with Crippen LogP contribution in [0.15, 0.2) is 47.3 Å². The number of anilines is 3. The molecule has 29 heavy (non-hydrogen) atoms. The highest BCUT2D eigenvalue weighted by Crippen LogP contribution is 2.35. The Morgan fingerprint density at radius 2 is 1.55 bits per heavy atom. The second-order valence-corrected chi connectivity index (χ2v) is 7.56. The molecular weight excluding hydrogens is 381 g/mol. The highest BCUT2D eigenvalue weighted by atomic mass is 19.4. The van der Waals surface area contributed by atoms with Gasteiger partial charge in [0.1, 0.15) is 0 Å². The summed E-state index contributed by atoms with van der Waals surface area (Å²) in [5.74, 6) is -1.19. The third-order valence-electron chi connectivity index (χ3n) is 5.80. The first kappa shape index (κ1) is 19.4. The summed E-state index contributed by atoms with van der Waals surface area (Å²) in [5.41, 5.74) is 3.47. The molecule has 3 aromatic rings. The predicted octanol–water partition coefficient (Wildman–Crippen LogP) is 4.40. The molecule has 1 fully saturated rings. The fourth-order valence-corrected chi connectivity index (χ4v) is 3.92. The lowest BCUT2D eigenvalue weighted by Gasteiger charge is -2.34. The molecule has 8 heteroatoms. The Balaban J connectivity index is 1.46. The number of hydrogen-bond donors (Lipinski definition) is 1. The van der Waals surface area contributed by atoms with Gasteiger partial charge < -0.3 is 10.2 Å². The van der Waals surface area contributed by atoms with Crippen LogP contribution in [0.4, 0.5) is 30.2 Å². The van der Waals surface area contributed by atoms with Crippen molar-refractivity contribution < 1.29 is 13.2 Å². The molecule has 0 radical (unpaired) electrons. The number of nitrogens with one attached hydrogen (secondary N) is 1. The second kappa shape index (κ2) is 7.17. The average molecular weight is 404 g/mol. The van der Waals surface area contributed by atoms with Crippen LogP contribution in [0.25, 0.3) is 10.9 Å². The SMILES string of the molecule is Cn1c(=O)c2ccc(Nc3ccc(N4CCC(C(F)(F)F)CC4)cc3)cc2n1C. The zero-order valence-electron chi connectivity index (χ0n) is 16.3. The normalized spacial score (nSPS) is 15.8. The summed E-state index contributed by atoms with van der Waals surface area (Å²) < 4.78 is 41.9. The highest BCUT2D eigenvalue weighted by Gasteiger charge is 2.41. The average Bonchev–Trinajstić information content (AvgIpc) is 2.92. The molecule has 154 valence electrons. The molecule has 2 heterocycles. The summed E-state index contributed by atoms with van der Waals surface area (Å²) in [7, 11) is 3.57. The van der Waals surface area contributed by atoms with Crippen molar-refractivity contribution in [2.24, 2.45) is 20.0 Å². The molecule has 0 aliphatic carbocycles. The molecule has 2 aromatic carbocycles. The summed E-state index contributed by atoms with van der Waals surface area (Å²) in [6, 6.07) is 13.3. The van der Waals surface area contributed by atoms with Gasteiger partial charge in [-0.05, 0) is 55.3 Å². The molecule has 1 aliphatic rings. The number of rotatable bonds is 3. The van der Waals surface area contributed by atoms with Gasteiger partial charge in [0.15, 0.2) is 0 Å². The van der Waals surface area contributed by atoms with Crippen LogP contribution in [-0.2, 0) is 14.1 Å². The Hall–Kier alpha value is -2.90. The Morgan fingerprint density at radius 3 is 2.17 bits per heavy atom. The fraction of sp³-hybridized carbons (Fsp3) is 0.381. The van der Waals surface area contributed by atoms with E-state index in [4.69, 9.17) is 0 Å². The van der Waals surface area contributed by atoms with E-state index in [1.807, 2.05) is 48.3 Å². The van der Waals surface area contributed by atoms with Gasteiger partial charge in [-0.15, -0.1) is 0 Å². The van der Waals surface area contributed by atoms with Crippen LogP contribution in [0.3, 0.4) is 0 Å². The van der Waals surface area contributed by atoms with Crippen LogP contribution in [0.1, 0.15) is 12.8 Å². The number of fused-ring (bicyclic) bond motifs is 1. The van der Waals surface area contributed by atoms with E-state index in [1.54, 1.807) is 22.5 Å². The molecule has 1 aromatic heterocycles. The van der Waals surface area contributed by atoms with Gasteiger partial charge in [0.05, 0.1) is 16.8 Å². The topological polar surface area (TPSA) is 42.2 Å². The maximum absolute atomic E-state index is 12.8. The molecule has 4 rings (SSSR count). The quantitative estimate of drug-likeness (QED) is 0.704. The maximum atomic E-state index is 12.8. The van der Waals surface area contributed by atoms with Crippen molar-refractivity contribution in [3.63, 3.8) is 0 Å². The van der Waals surface area contributed by atoms with Crippen LogP contribution >= 0.6 is 0 Å². The molecule has 0 unspecified atom stereocenters. The van der Waals surface area contributed by atoms with Crippen molar-refractivity contribution in [3.8, 4) is 0 Å². The highest BCUT2D eigenvalue weighted by molar-refractivity contribution is 5.83. The molecule has 0 spiro atoms. The number of aromatic nitrogens is 2. The number of piperidine rings is 1. The number of benzene rings is 2. The number of hydrogen-bond acceptors (Lipinski definition) is 3. The fourth-order valence-electron chi connectivity index (χ4n) is 3.92. The minimum absolute atomic E-state index is 0.0345. The third-order valence-corrected chi connectivity index (χ3v) is 5.80. The molecule has 1 aliphatic heterocycles. The number of aryl methyl sites for hydroxylation is 1. The maximum Gasteiger partial charge on any atom is 0.391 e. The van der Waals surface area contributed by atoms with Crippen molar-refractivity contribution in [2.75, 3.05) is 23.3 Å². The van der Waals surface area contributed by atoms with Gasteiger partial charge in [-0.3, -0.25) is 14.2 Å². The van der Waals surface area contributed by atoms with Crippen LogP contribution in [0.5, 0.6) is 0 Å².